The number of esters is 1. The van der Waals surface area contributed by atoms with E-state index in [4.69, 9.17) is 4.74 Å². The monoisotopic (exact) mass is 288 g/mol. The van der Waals surface area contributed by atoms with Crippen molar-refractivity contribution in [3.05, 3.63) is 47.5 Å². The number of nitrogens with zero attached hydrogens (tertiary/aromatic N) is 1. The molecule has 0 aliphatic carbocycles. The molecule has 1 aromatic carbocycles. The molecule has 0 unspecified atom stereocenters. The van der Waals surface area contributed by atoms with Gasteiger partial charge in [-0.3, -0.25) is 14.5 Å². The fourth-order valence-corrected chi connectivity index (χ4v) is 1.80. The normalized spacial score (nSPS) is 13.6. The zero-order chi connectivity index (χ0) is 15.4. The van der Waals surface area contributed by atoms with E-state index < -0.39 is 23.8 Å². The number of carboxylic acids is 1. The summed E-state index contributed by atoms with van der Waals surface area (Å²) in [6.07, 6.45) is 2.24. The van der Waals surface area contributed by atoms with Crippen LogP contribution in [-0.2, 0) is 14.3 Å². The Hall–Kier alpha value is -2.96. The van der Waals surface area contributed by atoms with Crippen molar-refractivity contribution < 1.29 is 29.0 Å². The Morgan fingerprint density at radius 1 is 1.05 bits per heavy atom. The molecule has 1 heterocycles. The Kier molecular flexibility index (Phi) is 4.13. The van der Waals surface area contributed by atoms with Crippen LogP contribution in [0.1, 0.15) is 20.7 Å². The first-order valence-corrected chi connectivity index (χ1v) is 6.01. The Balaban J connectivity index is 1.95. The summed E-state index contributed by atoms with van der Waals surface area (Å²) in [4.78, 5) is 46.1. The van der Waals surface area contributed by atoms with Gasteiger partial charge in [0.05, 0.1) is 18.1 Å². The highest BCUT2D eigenvalue weighted by Crippen LogP contribution is 2.10. The zero-order valence-corrected chi connectivity index (χ0v) is 10.8. The van der Waals surface area contributed by atoms with E-state index >= 15 is 0 Å². The summed E-state index contributed by atoms with van der Waals surface area (Å²) >= 11 is 0. The SMILES string of the molecule is O=C([O-])c1ccccc1C(=O)OCCN1C(=O)C=CC1=O. The van der Waals surface area contributed by atoms with E-state index in [0.717, 1.165) is 17.1 Å². The van der Waals surface area contributed by atoms with Gasteiger partial charge in [0.1, 0.15) is 6.61 Å². The molecule has 7 heteroatoms. The molecular weight excluding hydrogens is 278 g/mol. The number of aromatic carboxylic acids is 1. The Labute approximate surface area is 119 Å². The second-order valence-electron chi connectivity index (χ2n) is 4.13. The van der Waals surface area contributed by atoms with E-state index in [-0.39, 0.29) is 24.3 Å². The van der Waals surface area contributed by atoms with Gasteiger partial charge >= 0.3 is 5.97 Å². The quantitative estimate of drug-likeness (QED) is 0.515. The predicted molar refractivity (Wildman–Crippen MR) is 66.9 cm³/mol. The molecule has 0 spiro atoms. The number of carbonyl (C=O) groups is 4. The van der Waals surface area contributed by atoms with Crippen LogP contribution in [0.25, 0.3) is 0 Å². The largest absolute Gasteiger partial charge is 0.545 e. The standard InChI is InChI=1S/C14H11NO6/c16-11-5-6-12(17)15(11)7-8-21-14(20)10-4-2-1-3-9(10)13(18)19/h1-6H,7-8H2,(H,18,19)/p-1. The van der Waals surface area contributed by atoms with Gasteiger partial charge < -0.3 is 14.6 Å². The first kappa shape index (κ1) is 14.4. The van der Waals surface area contributed by atoms with Crippen molar-refractivity contribution in [3.8, 4) is 0 Å². The molecule has 0 N–H and O–H groups in total. The number of amides is 2. The minimum absolute atomic E-state index is 0.0934. The Morgan fingerprint density at radius 2 is 1.62 bits per heavy atom. The van der Waals surface area contributed by atoms with Crippen LogP contribution in [0.2, 0.25) is 0 Å². The minimum atomic E-state index is -1.49. The fraction of sp³-hybridized carbons (Fsp3) is 0.143. The lowest BCUT2D eigenvalue weighted by Crippen LogP contribution is -2.33. The van der Waals surface area contributed by atoms with E-state index in [1.807, 2.05) is 0 Å². The summed E-state index contributed by atoms with van der Waals surface area (Å²) in [5.74, 6) is -3.31. The molecule has 1 aromatic rings. The topological polar surface area (TPSA) is 104 Å². The minimum Gasteiger partial charge on any atom is -0.545 e. The van der Waals surface area contributed by atoms with Crippen LogP contribution < -0.4 is 5.11 Å². The van der Waals surface area contributed by atoms with Crippen LogP contribution in [0.4, 0.5) is 0 Å². The second-order valence-corrected chi connectivity index (χ2v) is 4.13. The third-order valence-corrected chi connectivity index (χ3v) is 2.82. The van der Waals surface area contributed by atoms with E-state index in [1.165, 1.54) is 24.3 Å². The second kappa shape index (κ2) is 6.00. The van der Waals surface area contributed by atoms with Crippen molar-refractivity contribution in [2.24, 2.45) is 0 Å². The zero-order valence-electron chi connectivity index (χ0n) is 10.8. The maximum absolute atomic E-state index is 11.8. The van der Waals surface area contributed by atoms with Gasteiger partial charge in [-0.15, -0.1) is 0 Å². The van der Waals surface area contributed by atoms with Crippen molar-refractivity contribution >= 4 is 23.8 Å². The molecule has 21 heavy (non-hydrogen) atoms. The number of ether oxygens (including phenoxy) is 1. The maximum atomic E-state index is 11.8. The number of rotatable bonds is 5. The molecule has 0 aromatic heterocycles. The van der Waals surface area contributed by atoms with Crippen LogP contribution in [0.15, 0.2) is 36.4 Å². The van der Waals surface area contributed by atoms with Gasteiger partial charge in [0.2, 0.25) is 0 Å². The molecule has 1 aliphatic heterocycles. The molecule has 108 valence electrons. The van der Waals surface area contributed by atoms with Crippen molar-refractivity contribution in [1.29, 1.82) is 0 Å². The number of hydrogen-bond donors (Lipinski definition) is 0. The van der Waals surface area contributed by atoms with E-state index in [2.05, 4.69) is 0 Å². The third kappa shape index (κ3) is 3.14. The summed E-state index contributed by atoms with van der Waals surface area (Å²) in [7, 11) is 0. The first-order valence-electron chi connectivity index (χ1n) is 6.01. The molecule has 7 nitrogen and oxygen atoms in total. The van der Waals surface area contributed by atoms with E-state index in [9.17, 15) is 24.3 Å². The molecule has 0 fully saturated rings. The third-order valence-electron chi connectivity index (χ3n) is 2.82. The molecule has 2 amide bonds. The van der Waals surface area contributed by atoms with Gasteiger partial charge in [-0.2, -0.15) is 0 Å². The van der Waals surface area contributed by atoms with Gasteiger partial charge in [0.25, 0.3) is 11.8 Å². The summed E-state index contributed by atoms with van der Waals surface area (Å²) in [5.41, 5.74) is -0.424. The van der Waals surface area contributed by atoms with Crippen LogP contribution in [0.5, 0.6) is 0 Å². The maximum Gasteiger partial charge on any atom is 0.338 e. The highest BCUT2D eigenvalue weighted by atomic mass is 16.5. The lowest BCUT2D eigenvalue weighted by Gasteiger charge is -2.14. The first-order chi connectivity index (χ1) is 10.0. The molecule has 0 radical (unpaired) electrons. The average Bonchev–Trinajstić information content (AvgIpc) is 2.78. The molecule has 1 aliphatic rings. The van der Waals surface area contributed by atoms with Crippen molar-refractivity contribution in [1.82, 2.24) is 4.90 Å². The van der Waals surface area contributed by atoms with Gasteiger partial charge in [-0.25, -0.2) is 4.79 Å². The summed E-state index contributed by atoms with van der Waals surface area (Å²) < 4.78 is 4.87. The molecule has 0 bridgehead atoms. The summed E-state index contributed by atoms with van der Waals surface area (Å²) in [6, 6.07) is 5.46. The number of carbonyl (C=O) groups excluding carboxylic acids is 4. The van der Waals surface area contributed by atoms with Crippen LogP contribution in [0.3, 0.4) is 0 Å². The highest BCUT2D eigenvalue weighted by molar-refractivity contribution is 6.12. The van der Waals surface area contributed by atoms with Gasteiger partial charge in [-0.05, 0) is 6.07 Å². The van der Waals surface area contributed by atoms with Crippen LogP contribution in [-0.4, -0.2) is 41.8 Å². The van der Waals surface area contributed by atoms with Gasteiger partial charge in [0, 0.05) is 17.7 Å². The Morgan fingerprint density at radius 3 is 2.19 bits per heavy atom. The average molecular weight is 288 g/mol. The van der Waals surface area contributed by atoms with Crippen molar-refractivity contribution in [2.45, 2.75) is 0 Å². The smallest absolute Gasteiger partial charge is 0.338 e. The number of carboxylic acid groups (broad SMARTS) is 1. The molecular formula is C14H10NO6-. The van der Waals surface area contributed by atoms with E-state index in [1.54, 1.807) is 0 Å². The fourth-order valence-electron chi connectivity index (χ4n) is 1.80. The highest BCUT2D eigenvalue weighted by Gasteiger charge is 2.23. The van der Waals surface area contributed by atoms with Crippen LogP contribution in [0, 0.1) is 0 Å². The lowest BCUT2D eigenvalue weighted by molar-refractivity contribution is -0.255. The lowest BCUT2D eigenvalue weighted by atomic mass is 10.1. The van der Waals surface area contributed by atoms with Crippen molar-refractivity contribution in [3.63, 3.8) is 0 Å². The summed E-state index contributed by atoms with van der Waals surface area (Å²) in [5, 5.41) is 10.9. The molecule has 2 rings (SSSR count). The van der Waals surface area contributed by atoms with Gasteiger partial charge in [-0.1, -0.05) is 18.2 Å². The number of hydrogen-bond acceptors (Lipinski definition) is 6. The predicted octanol–water partition coefficient (Wildman–Crippen LogP) is -0.868. The van der Waals surface area contributed by atoms with E-state index in [0.29, 0.717) is 0 Å². The molecule has 0 atom stereocenters. The number of benzene rings is 1. The van der Waals surface area contributed by atoms with Gasteiger partial charge in [0.15, 0.2) is 0 Å². The number of imide groups is 1. The molecule has 0 saturated heterocycles. The van der Waals surface area contributed by atoms with Crippen LogP contribution >= 0.6 is 0 Å². The Bertz CT molecular complexity index is 631. The summed E-state index contributed by atoms with van der Waals surface area (Å²) in [6.45, 7) is -0.316. The molecule has 0 saturated carbocycles. The van der Waals surface area contributed by atoms with Crippen molar-refractivity contribution in [2.75, 3.05) is 13.2 Å².